The van der Waals surface area contributed by atoms with E-state index in [9.17, 15) is 4.79 Å². The summed E-state index contributed by atoms with van der Waals surface area (Å²) < 4.78 is 0. The third-order valence-electron chi connectivity index (χ3n) is 3.22. The molecule has 2 heterocycles. The van der Waals surface area contributed by atoms with Gasteiger partial charge in [0, 0.05) is 25.7 Å². The minimum Gasteiger partial charge on any atom is -0.340 e. The molecule has 0 bridgehead atoms. The van der Waals surface area contributed by atoms with E-state index in [2.05, 4.69) is 17.1 Å². The zero-order valence-corrected chi connectivity index (χ0v) is 8.25. The van der Waals surface area contributed by atoms with E-state index in [-0.39, 0.29) is 5.92 Å². The van der Waals surface area contributed by atoms with Gasteiger partial charge in [0.05, 0.1) is 5.92 Å². The Balaban J connectivity index is 1.93. The van der Waals surface area contributed by atoms with Crippen LogP contribution in [0.4, 0.5) is 0 Å². The standard InChI is InChI=1S/C10H18N2O/c1-8-4-2-3-5-12(8)10(13)9-6-11-7-9/h8-9,11H,2-7H2,1H3/t8-/m1/s1. The summed E-state index contributed by atoms with van der Waals surface area (Å²) in [6.07, 6.45) is 3.66. The Bertz CT molecular complexity index is 201. The molecule has 2 saturated heterocycles. The Morgan fingerprint density at radius 1 is 1.38 bits per heavy atom. The number of carbonyl (C=O) groups excluding carboxylic acids is 1. The predicted molar refractivity (Wildman–Crippen MR) is 51.4 cm³/mol. The molecule has 2 fully saturated rings. The van der Waals surface area contributed by atoms with Crippen LogP contribution in [0, 0.1) is 5.92 Å². The first-order chi connectivity index (χ1) is 6.29. The molecule has 0 saturated carbocycles. The maximum atomic E-state index is 11.9. The summed E-state index contributed by atoms with van der Waals surface area (Å²) in [6, 6.07) is 0.474. The molecular formula is C10H18N2O. The fourth-order valence-electron chi connectivity index (χ4n) is 2.12. The average Bonchev–Trinajstić information content (AvgIpc) is 2.01. The summed E-state index contributed by atoms with van der Waals surface area (Å²) in [5, 5.41) is 3.15. The maximum absolute atomic E-state index is 11.9. The molecule has 1 atom stereocenters. The summed E-state index contributed by atoms with van der Waals surface area (Å²) in [6.45, 7) is 4.93. The second kappa shape index (κ2) is 3.66. The second-order valence-electron chi connectivity index (χ2n) is 4.23. The highest BCUT2D eigenvalue weighted by Crippen LogP contribution is 2.19. The third kappa shape index (κ3) is 1.70. The second-order valence-corrected chi connectivity index (χ2v) is 4.23. The van der Waals surface area contributed by atoms with Crippen LogP contribution in [0.15, 0.2) is 0 Å². The third-order valence-corrected chi connectivity index (χ3v) is 3.22. The van der Waals surface area contributed by atoms with Crippen LogP contribution in [0.5, 0.6) is 0 Å². The first-order valence-corrected chi connectivity index (χ1v) is 5.30. The molecule has 0 aliphatic carbocycles. The zero-order chi connectivity index (χ0) is 9.26. The lowest BCUT2D eigenvalue weighted by Crippen LogP contribution is -2.54. The van der Waals surface area contributed by atoms with Gasteiger partial charge in [-0.1, -0.05) is 0 Å². The fraction of sp³-hybridized carbons (Fsp3) is 0.900. The summed E-state index contributed by atoms with van der Waals surface area (Å²) >= 11 is 0. The van der Waals surface area contributed by atoms with Crippen LogP contribution < -0.4 is 5.32 Å². The molecule has 2 aliphatic rings. The quantitative estimate of drug-likeness (QED) is 0.644. The molecule has 0 aromatic rings. The molecule has 0 unspecified atom stereocenters. The fourth-order valence-corrected chi connectivity index (χ4v) is 2.12. The molecule has 0 aromatic carbocycles. The number of likely N-dealkylation sites (tertiary alicyclic amines) is 1. The minimum absolute atomic E-state index is 0.278. The molecule has 0 spiro atoms. The number of nitrogens with one attached hydrogen (secondary N) is 1. The molecule has 0 radical (unpaired) electrons. The number of amides is 1. The van der Waals surface area contributed by atoms with Crippen molar-refractivity contribution in [3.63, 3.8) is 0 Å². The number of rotatable bonds is 1. The van der Waals surface area contributed by atoms with Gasteiger partial charge in [-0.3, -0.25) is 4.79 Å². The van der Waals surface area contributed by atoms with Gasteiger partial charge in [-0.05, 0) is 26.2 Å². The number of hydrogen-bond acceptors (Lipinski definition) is 2. The molecule has 13 heavy (non-hydrogen) atoms. The van der Waals surface area contributed by atoms with Crippen molar-refractivity contribution in [3.8, 4) is 0 Å². The number of nitrogens with zero attached hydrogens (tertiary/aromatic N) is 1. The van der Waals surface area contributed by atoms with Crippen molar-refractivity contribution < 1.29 is 4.79 Å². The van der Waals surface area contributed by atoms with E-state index in [0.717, 1.165) is 19.6 Å². The number of hydrogen-bond donors (Lipinski definition) is 1. The van der Waals surface area contributed by atoms with E-state index in [1.54, 1.807) is 0 Å². The highest BCUT2D eigenvalue weighted by atomic mass is 16.2. The van der Waals surface area contributed by atoms with E-state index in [4.69, 9.17) is 0 Å². The normalized spacial score (nSPS) is 29.9. The lowest BCUT2D eigenvalue weighted by Gasteiger charge is -2.38. The van der Waals surface area contributed by atoms with Crippen molar-refractivity contribution in [2.75, 3.05) is 19.6 Å². The summed E-state index contributed by atoms with van der Waals surface area (Å²) in [5.41, 5.74) is 0. The van der Waals surface area contributed by atoms with Gasteiger partial charge in [-0.2, -0.15) is 0 Å². The van der Waals surface area contributed by atoms with Gasteiger partial charge in [0.25, 0.3) is 0 Å². The Kier molecular flexibility index (Phi) is 2.54. The molecule has 0 aromatic heterocycles. The van der Waals surface area contributed by atoms with Crippen molar-refractivity contribution in [1.29, 1.82) is 0 Å². The molecule has 2 rings (SSSR count). The van der Waals surface area contributed by atoms with E-state index >= 15 is 0 Å². The van der Waals surface area contributed by atoms with Crippen LogP contribution >= 0.6 is 0 Å². The zero-order valence-electron chi connectivity index (χ0n) is 8.25. The summed E-state index contributed by atoms with van der Waals surface area (Å²) in [5.74, 6) is 0.659. The lowest BCUT2D eigenvalue weighted by molar-refractivity contribution is -0.140. The van der Waals surface area contributed by atoms with Crippen LogP contribution in [0.1, 0.15) is 26.2 Å². The molecular weight excluding hydrogens is 164 g/mol. The van der Waals surface area contributed by atoms with Gasteiger partial charge in [0.2, 0.25) is 5.91 Å². The molecule has 3 heteroatoms. The average molecular weight is 182 g/mol. The van der Waals surface area contributed by atoms with Crippen molar-refractivity contribution in [2.24, 2.45) is 5.92 Å². The van der Waals surface area contributed by atoms with E-state index in [0.29, 0.717) is 11.9 Å². The van der Waals surface area contributed by atoms with Crippen molar-refractivity contribution in [3.05, 3.63) is 0 Å². The van der Waals surface area contributed by atoms with E-state index in [1.807, 2.05) is 0 Å². The molecule has 74 valence electrons. The Labute approximate surface area is 79.5 Å². The van der Waals surface area contributed by atoms with Gasteiger partial charge in [-0.25, -0.2) is 0 Å². The smallest absolute Gasteiger partial charge is 0.228 e. The Morgan fingerprint density at radius 2 is 2.15 bits per heavy atom. The van der Waals surface area contributed by atoms with Crippen LogP contribution in [-0.4, -0.2) is 36.5 Å². The summed E-state index contributed by atoms with van der Waals surface area (Å²) in [4.78, 5) is 14.0. The van der Waals surface area contributed by atoms with Crippen LogP contribution in [-0.2, 0) is 4.79 Å². The number of carbonyl (C=O) groups is 1. The van der Waals surface area contributed by atoms with Gasteiger partial charge in [0.15, 0.2) is 0 Å². The van der Waals surface area contributed by atoms with Crippen LogP contribution in [0.25, 0.3) is 0 Å². The molecule has 1 N–H and O–H groups in total. The highest BCUT2D eigenvalue weighted by Gasteiger charge is 2.32. The topological polar surface area (TPSA) is 32.3 Å². The first-order valence-electron chi connectivity index (χ1n) is 5.30. The summed E-state index contributed by atoms with van der Waals surface area (Å²) in [7, 11) is 0. The molecule has 1 amide bonds. The lowest BCUT2D eigenvalue weighted by atomic mass is 9.97. The highest BCUT2D eigenvalue weighted by molar-refractivity contribution is 5.80. The minimum atomic E-state index is 0.278. The van der Waals surface area contributed by atoms with Gasteiger partial charge in [-0.15, -0.1) is 0 Å². The molecule has 2 aliphatic heterocycles. The van der Waals surface area contributed by atoms with Gasteiger partial charge < -0.3 is 10.2 Å². The monoisotopic (exact) mass is 182 g/mol. The van der Waals surface area contributed by atoms with Crippen LogP contribution in [0.2, 0.25) is 0 Å². The van der Waals surface area contributed by atoms with Gasteiger partial charge in [0.1, 0.15) is 0 Å². The maximum Gasteiger partial charge on any atom is 0.228 e. The predicted octanol–water partition coefficient (Wildman–Crippen LogP) is 0.607. The van der Waals surface area contributed by atoms with Gasteiger partial charge >= 0.3 is 0 Å². The van der Waals surface area contributed by atoms with E-state index in [1.165, 1.54) is 19.3 Å². The van der Waals surface area contributed by atoms with Crippen molar-refractivity contribution >= 4 is 5.91 Å². The SMILES string of the molecule is C[C@@H]1CCCCN1C(=O)C1CNC1. The van der Waals surface area contributed by atoms with E-state index < -0.39 is 0 Å². The number of piperidine rings is 1. The largest absolute Gasteiger partial charge is 0.340 e. The van der Waals surface area contributed by atoms with Crippen molar-refractivity contribution in [1.82, 2.24) is 10.2 Å². The molecule has 3 nitrogen and oxygen atoms in total. The first kappa shape index (κ1) is 9.00. The van der Waals surface area contributed by atoms with Crippen LogP contribution in [0.3, 0.4) is 0 Å². The Morgan fingerprint density at radius 3 is 2.69 bits per heavy atom. The Hall–Kier alpha value is -0.570. The van der Waals surface area contributed by atoms with Crippen molar-refractivity contribution in [2.45, 2.75) is 32.2 Å².